The van der Waals surface area contributed by atoms with Gasteiger partial charge in [0.2, 0.25) is 5.91 Å². The Bertz CT molecular complexity index is 607. The first-order chi connectivity index (χ1) is 9.17. The molecule has 0 saturated carbocycles. The SMILES string of the molecule is CSc1cccc(NC(=O)/C=C/c2ccc(Br)s2)c1. The van der Waals surface area contributed by atoms with Gasteiger partial charge in [-0.3, -0.25) is 4.79 Å². The molecular weight excluding hydrogens is 342 g/mol. The summed E-state index contributed by atoms with van der Waals surface area (Å²) in [5, 5.41) is 2.85. The number of thioether (sulfide) groups is 1. The summed E-state index contributed by atoms with van der Waals surface area (Å²) < 4.78 is 1.06. The van der Waals surface area contributed by atoms with E-state index in [1.165, 1.54) is 0 Å². The quantitative estimate of drug-likeness (QED) is 0.626. The number of amides is 1. The molecule has 0 bridgehead atoms. The summed E-state index contributed by atoms with van der Waals surface area (Å²) in [5.74, 6) is -0.122. The van der Waals surface area contributed by atoms with E-state index in [0.717, 1.165) is 19.2 Å². The number of rotatable bonds is 4. The molecule has 1 amide bonds. The van der Waals surface area contributed by atoms with Crippen molar-refractivity contribution in [1.82, 2.24) is 0 Å². The van der Waals surface area contributed by atoms with Crippen LogP contribution in [0, 0.1) is 0 Å². The van der Waals surface area contributed by atoms with Crippen LogP contribution in [0.5, 0.6) is 0 Å². The molecule has 1 aromatic heterocycles. The van der Waals surface area contributed by atoms with Crippen LogP contribution in [0.15, 0.2) is 51.2 Å². The van der Waals surface area contributed by atoms with Gasteiger partial charge in [-0.2, -0.15) is 0 Å². The van der Waals surface area contributed by atoms with Crippen LogP contribution in [0.3, 0.4) is 0 Å². The number of halogens is 1. The lowest BCUT2D eigenvalue weighted by atomic mass is 10.3. The average Bonchev–Trinajstić information content (AvgIpc) is 2.82. The Morgan fingerprint density at radius 3 is 2.89 bits per heavy atom. The highest BCUT2D eigenvalue weighted by molar-refractivity contribution is 9.11. The number of anilines is 1. The molecule has 1 N–H and O–H groups in total. The summed E-state index contributed by atoms with van der Waals surface area (Å²) in [4.78, 5) is 14.0. The van der Waals surface area contributed by atoms with Crippen LogP contribution in [0.1, 0.15) is 4.88 Å². The minimum atomic E-state index is -0.122. The van der Waals surface area contributed by atoms with E-state index in [1.807, 2.05) is 48.7 Å². The van der Waals surface area contributed by atoms with Crippen LogP contribution in [-0.4, -0.2) is 12.2 Å². The molecule has 1 aromatic carbocycles. The zero-order valence-corrected chi connectivity index (χ0v) is 13.4. The van der Waals surface area contributed by atoms with Crippen LogP contribution in [0.4, 0.5) is 5.69 Å². The zero-order chi connectivity index (χ0) is 13.7. The molecule has 2 aromatic rings. The van der Waals surface area contributed by atoms with Crippen LogP contribution in [0.2, 0.25) is 0 Å². The second-order valence-electron chi connectivity index (χ2n) is 3.70. The van der Waals surface area contributed by atoms with Crippen molar-refractivity contribution in [2.24, 2.45) is 0 Å². The van der Waals surface area contributed by atoms with Crippen LogP contribution in [-0.2, 0) is 4.79 Å². The summed E-state index contributed by atoms with van der Waals surface area (Å²) >= 11 is 6.63. The van der Waals surface area contributed by atoms with E-state index in [4.69, 9.17) is 0 Å². The Morgan fingerprint density at radius 2 is 2.21 bits per heavy atom. The van der Waals surface area contributed by atoms with Gasteiger partial charge in [0.1, 0.15) is 0 Å². The predicted octanol–water partition coefficient (Wildman–Crippen LogP) is 4.88. The topological polar surface area (TPSA) is 29.1 Å². The normalized spacial score (nSPS) is 10.8. The first kappa shape index (κ1) is 14.4. The van der Waals surface area contributed by atoms with E-state index in [2.05, 4.69) is 21.2 Å². The van der Waals surface area contributed by atoms with E-state index in [0.29, 0.717) is 0 Å². The maximum atomic E-state index is 11.8. The van der Waals surface area contributed by atoms with Crippen molar-refractivity contribution in [1.29, 1.82) is 0 Å². The number of hydrogen-bond donors (Lipinski definition) is 1. The number of carbonyl (C=O) groups excluding carboxylic acids is 1. The van der Waals surface area contributed by atoms with Crippen LogP contribution >= 0.6 is 39.0 Å². The Kier molecular flexibility index (Phi) is 5.24. The molecule has 1 heterocycles. The summed E-state index contributed by atoms with van der Waals surface area (Å²) in [6.07, 6.45) is 5.36. The predicted molar refractivity (Wildman–Crippen MR) is 87.9 cm³/mol. The monoisotopic (exact) mass is 353 g/mol. The van der Waals surface area contributed by atoms with E-state index < -0.39 is 0 Å². The molecule has 0 unspecified atom stereocenters. The number of thiophene rings is 1. The summed E-state index contributed by atoms with van der Waals surface area (Å²) in [7, 11) is 0. The minimum absolute atomic E-state index is 0.122. The van der Waals surface area contributed by atoms with Gasteiger partial charge in [-0.05, 0) is 58.6 Å². The standard InChI is InChI=1S/C14H12BrNOS2/c1-18-12-4-2-3-10(9-12)16-14(17)8-6-11-5-7-13(15)19-11/h2-9H,1H3,(H,16,17)/b8-6+. The van der Waals surface area contributed by atoms with Crippen molar-refractivity contribution in [2.45, 2.75) is 4.90 Å². The van der Waals surface area contributed by atoms with Gasteiger partial charge >= 0.3 is 0 Å². The molecule has 0 spiro atoms. The van der Waals surface area contributed by atoms with Crippen molar-refractivity contribution in [3.05, 3.63) is 51.1 Å². The van der Waals surface area contributed by atoms with E-state index >= 15 is 0 Å². The fourth-order valence-corrected chi connectivity index (χ4v) is 3.25. The van der Waals surface area contributed by atoms with Crippen LogP contribution < -0.4 is 5.32 Å². The fourth-order valence-electron chi connectivity index (χ4n) is 1.46. The average molecular weight is 354 g/mol. The largest absolute Gasteiger partial charge is 0.322 e. The lowest BCUT2D eigenvalue weighted by Crippen LogP contribution is -2.07. The van der Waals surface area contributed by atoms with Gasteiger partial charge in [0.15, 0.2) is 0 Å². The highest BCUT2D eigenvalue weighted by atomic mass is 79.9. The van der Waals surface area contributed by atoms with E-state index in [-0.39, 0.29) is 5.91 Å². The third-order valence-corrected chi connectivity index (χ3v) is 4.64. The second-order valence-corrected chi connectivity index (χ2v) is 7.07. The number of hydrogen-bond acceptors (Lipinski definition) is 3. The molecule has 0 atom stereocenters. The Hall–Kier alpha value is -1.04. The molecule has 5 heteroatoms. The first-order valence-electron chi connectivity index (χ1n) is 5.56. The number of carbonyl (C=O) groups is 1. The van der Waals surface area contributed by atoms with Gasteiger partial charge in [0.05, 0.1) is 3.79 Å². The maximum Gasteiger partial charge on any atom is 0.248 e. The Balaban J connectivity index is 1.99. The Labute approximate surface area is 129 Å². The van der Waals surface area contributed by atoms with Crippen molar-refractivity contribution in [2.75, 3.05) is 11.6 Å². The first-order valence-corrected chi connectivity index (χ1v) is 8.39. The van der Waals surface area contributed by atoms with Gasteiger partial charge in [-0.25, -0.2) is 0 Å². The van der Waals surface area contributed by atoms with Crippen molar-refractivity contribution < 1.29 is 4.79 Å². The molecule has 98 valence electrons. The summed E-state index contributed by atoms with van der Waals surface area (Å²) in [6.45, 7) is 0. The molecule has 0 saturated heterocycles. The van der Waals surface area contributed by atoms with E-state index in [1.54, 1.807) is 29.2 Å². The third kappa shape index (κ3) is 4.53. The summed E-state index contributed by atoms with van der Waals surface area (Å²) in [6, 6.07) is 11.7. The maximum absolute atomic E-state index is 11.8. The van der Waals surface area contributed by atoms with Gasteiger partial charge in [0.25, 0.3) is 0 Å². The molecule has 0 aliphatic rings. The highest BCUT2D eigenvalue weighted by Crippen LogP contribution is 2.23. The molecule has 19 heavy (non-hydrogen) atoms. The fraction of sp³-hybridized carbons (Fsp3) is 0.0714. The molecule has 0 aliphatic heterocycles. The second kappa shape index (κ2) is 6.93. The van der Waals surface area contributed by atoms with Gasteiger partial charge in [0, 0.05) is 21.5 Å². The summed E-state index contributed by atoms with van der Waals surface area (Å²) in [5.41, 5.74) is 0.814. The molecule has 0 aliphatic carbocycles. The van der Waals surface area contributed by atoms with E-state index in [9.17, 15) is 4.79 Å². The minimum Gasteiger partial charge on any atom is -0.322 e. The molecule has 2 rings (SSSR count). The van der Waals surface area contributed by atoms with Gasteiger partial charge in [-0.15, -0.1) is 23.1 Å². The Morgan fingerprint density at radius 1 is 1.37 bits per heavy atom. The van der Waals surface area contributed by atoms with Gasteiger partial charge in [-0.1, -0.05) is 6.07 Å². The van der Waals surface area contributed by atoms with Crippen molar-refractivity contribution in [3.63, 3.8) is 0 Å². The molecule has 0 radical (unpaired) electrons. The number of benzene rings is 1. The highest BCUT2D eigenvalue weighted by Gasteiger charge is 1.99. The lowest BCUT2D eigenvalue weighted by Gasteiger charge is -2.03. The number of nitrogens with one attached hydrogen (secondary N) is 1. The molecule has 2 nitrogen and oxygen atoms in total. The van der Waals surface area contributed by atoms with Crippen molar-refractivity contribution >= 4 is 56.7 Å². The van der Waals surface area contributed by atoms with Crippen LogP contribution in [0.25, 0.3) is 6.08 Å². The molecule has 0 fully saturated rings. The van der Waals surface area contributed by atoms with Crippen molar-refractivity contribution in [3.8, 4) is 0 Å². The smallest absolute Gasteiger partial charge is 0.248 e. The lowest BCUT2D eigenvalue weighted by molar-refractivity contribution is -0.111. The zero-order valence-electron chi connectivity index (χ0n) is 10.2. The third-order valence-electron chi connectivity index (χ3n) is 2.33. The molecular formula is C14H12BrNOS2. The van der Waals surface area contributed by atoms with Gasteiger partial charge < -0.3 is 5.32 Å².